The third kappa shape index (κ3) is 2.77. The van der Waals surface area contributed by atoms with Crippen LogP contribution in [0.1, 0.15) is 6.42 Å². The summed E-state index contributed by atoms with van der Waals surface area (Å²) in [6.07, 6.45) is 0.331. The van der Waals surface area contributed by atoms with Gasteiger partial charge in [0.25, 0.3) is 0 Å². The van der Waals surface area contributed by atoms with Gasteiger partial charge in [0.2, 0.25) is 11.8 Å². The van der Waals surface area contributed by atoms with Gasteiger partial charge in [-0.3, -0.25) is 9.59 Å². The van der Waals surface area contributed by atoms with Gasteiger partial charge in [-0.25, -0.2) is 0 Å². The Morgan fingerprint density at radius 1 is 1.41 bits per heavy atom. The van der Waals surface area contributed by atoms with E-state index in [9.17, 15) is 9.59 Å². The van der Waals surface area contributed by atoms with E-state index < -0.39 is 0 Å². The highest BCUT2D eigenvalue weighted by Gasteiger charge is 2.31. The largest absolute Gasteiger partial charge is 0.350 e. The molecule has 0 aromatic heterocycles. The molecule has 1 aromatic rings. The number of para-hydroxylation sites is 1. The van der Waals surface area contributed by atoms with Crippen LogP contribution in [0, 0.1) is 0 Å². The molecule has 2 rings (SSSR count). The molecule has 5 heteroatoms. The number of hydrogen-bond donors (Lipinski definition) is 1. The molecule has 1 saturated heterocycles. The molecular formula is C12H13ClN2O2. The van der Waals surface area contributed by atoms with Gasteiger partial charge < -0.3 is 10.2 Å². The molecule has 1 heterocycles. The van der Waals surface area contributed by atoms with Crippen LogP contribution in [0.25, 0.3) is 0 Å². The number of nitrogens with one attached hydrogen (secondary N) is 1. The predicted molar refractivity (Wildman–Crippen MR) is 66.1 cm³/mol. The smallest absolute Gasteiger partial charge is 0.235 e. The van der Waals surface area contributed by atoms with Crippen LogP contribution < -0.4 is 10.2 Å². The first-order chi connectivity index (χ1) is 8.20. The molecule has 2 amide bonds. The lowest BCUT2D eigenvalue weighted by Gasteiger charge is -2.16. The highest BCUT2D eigenvalue weighted by molar-refractivity contribution is 6.27. The van der Waals surface area contributed by atoms with Crippen LogP contribution in [-0.4, -0.2) is 30.3 Å². The van der Waals surface area contributed by atoms with E-state index in [0.29, 0.717) is 13.0 Å². The van der Waals surface area contributed by atoms with Crippen molar-refractivity contribution in [3.05, 3.63) is 30.3 Å². The molecule has 1 fully saturated rings. The number of rotatable bonds is 3. The van der Waals surface area contributed by atoms with E-state index in [4.69, 9.17) is 11.6 Å². The van der Waals surface area contributed by atoms with E-state index in [0.717, 1.165) is 5.69 Å². The standard InChI is InChI=1S/C12H13ClN2O2/c13-7-11(16)14-9-6-12(17)15(8-9)10-4-2-1-3-5-10/h1-5,9H,6-8H2,(H,14,16)/t9-/m1/s1. The van der Waals surface area contributed by atoms with Gasteiger partial charge in [-0.2, -0.15) is 0 Å². The number of amides is 2. The molecule has 0 radical (unpaired) electrons. The summed E-state index contributed by atoms with van der Waals surface area (Å²) < 4.78 is 0. The van der Waals surface area contributed by atoms with Gasteiger partial charge in [0.15, 0.2) is 0 Å². The van der Waals surface area contributed by atoms with E-state index in [1.807, 2.05) is 30.3 Å². The highest BCUT2D eigenvalue weighted by atomic mass is 35.5. The predicted octanol–water partition coefficient (Wildman–Crippen LogP) is 1.15. The molecule has 0 aliphatic carbocycles. The molecule has 0 saturated carbocycles. The van der Waals surface area contributed by atoms with Gasteiger partial charge in [0, 0.05) is 18.7 Å². The van der Waals surface area contributed by atoms with Crippen molar-refractivity contribution in [2.45, 2.75) is 12.5 Å². The maximum atomic E-state index is 11.8. The van der Waals surface area contributed by atoms with Crippen molar-refractivity contribution in [2.24, 2.45) is 0 Å². The van der Waals surface area contributed by atoms with Gasteiger partial charge in [-0.1, -0.05) is 18.2 Å². The maximum absolute atomic E-state index is 11.8. The summed E-state index contributed by atoms with van der Waals surface area (Å²) in [4.78, 5) is 24.6. The molecule has 17 heavy (non-hydrogen) atoms. The van der Waals surface area contributed by atoms with Crippen molar-refractivity contribution in [1.29, 1.82) is 0 Å². The first kappa shape index (κ1) is 11.9. The monoisotopic (exact) mass is 252 g/mol. The van der Waals surface area contributed by atoms with Crippen LogP contribution in [0.2, 0.25) is 0 Å². The number of carbonyl (C=O) groups excluding carboxylic acids is 2. The highest BCUT2D eigenvalue weighted by Crippen LogP contribution is 2.20. The van der Waals surface area contributed by atoms with E-state index in [1.165, 1.54) is 0 Å². The average Bonchev–Trinajstić information content (AvgIpc) is 2.71. The normalized spacial score (nSPS) is 19.5. The van der Waals surface area contributed by atoms with Crippen molar-refractivity contribution in [3.8, 4) is 0 Å². The van der Waals surface area contributed by atoms with Crippen LogP contribution >= 0.6 is 11.6 Å². The molecule has 1 atom stereocenters. The first-order valence-electron chi connectivity index (χ1n) is 5.41. The zero-order chi connectivity index (χ0) is 12.3. The van der Waals surface area contributed by atoms with Crippen molar-refractivity contribution >= 4 is 29.1 Å². The number of hydrogen-bond acceptors (Lipinski definition) is 2. The SMILES string of the molecule is O=C(CCl)N[C@@H]1CC(=O)N(c2ccccc2)C1. The maximum Gasteiger partial charge on any atom is 0.235 e. The molecule has 1 aliphatic heterocycles. The molecule has 0 bridgehead atoms. The van der Waals surface area contributed by atoms with Crippen molar-refractivity contribution in [1.82, 2.24) is 5.32 Å². The average molecular weight is 253 g/mol. The van der Waals surface area contributed by atoms with E-state index >= 15 is 0 Å². The minimum Gasteiger partial charge on any atom is -0.350 e. The Morgan fingerprint density at radius 3 is 2.76 bits per heavy atom. The number of nitrogens with zero attached hydrogens (tertiary/aromatic N) is 1. The number of anilines is 1. The summed E-state index contributed by atoms with van der Waals surface area (Å²) in [7, 11) is 0. The Hall–Kier alpha value is -1.55. The zero-order valence-electron chi connectivity index (χ0n) is 9.23. The Labute approximate surface area is 105 Å². The van der Waals surface area contributed by atoms with Gasteiger partial charge in [-0.15, -0.1) is 11.6 Å². The number of benzene rings is 1. The fourth-order valence-corrected chi connectivity index (χ4v) is 2.01. The summed E-state index contributed by atoms with van der Waals surface area (Å²) in [5.41, 5.74) is 0.861. The van der Waals surface area contributed by atoms with Crippen LogP contribution in [-0.2, 0) is 9.59 Å². The van der Waals surface area contributed by atoms with Crippen LogP contribution in [0.5, 0.6) is 0 Å². The lowest BCUT2D eigenvalue weighted by atomic mass is 10.2. The summed E-state index contributed by atoms with van der Waals surface area (Å²) in [6.45, 7) is 0.505. The van der Waals surface area contributed by atoms with Crippen molar-refractivity contribution < 1.29 is 9.59 Å². The zero-order valence-corrected chi connectivity index (χ0v) is 9.98. The third-order valence-electron chi connectivity index (χ3n) is 2.68. The number of halogens is 1. The van der Waals surface area contributed by atoms with E-state index in [-0.39, 0.29) is 23.7 Å². The summed E-state index contributed by atoms with van der Waals surface area (Å²) >= 11 is 5.41. The second-order valence-corrected chi connectivity index (χ2v) is 4.21. The number of carbonyl (C=O) groups is 2. The van der Waals surface area contributed by atoms with E-state index in [2.05, 4.69) is 5.32 Å². The second kappa shape index (κ2) is 5.19. The number of alkyl halides is 1. The molecule has 1 aliphatic rings. The quantitative estimate of drug-likeness (QED) is 0.821. The van der Waals surface area contributed by atoms with Crippen LogP contribution in [0.3, 0.4) is 0 Å². The minimum atomic E-state index is -0.237. The van der Waals surface area contributed by atoms with Crippen LogP contribution in [0.4, 0.5) is 5.69 Å². The molecular weight excluding hydrogens is 240 g/mol. The Balaban J connectivity index is 2.03. The Morgan fingerprint density at radius 2 is 2.12 bits per heavy atom. The molecule has 4 nitrogen and oxygen atoms in total. The third-order valence-corrected chi connectivity index (χ3v) is 2.92. The van der Waals surface area contributed by atoms with Crippen LogP contribution in [0.15, 0.2) is 30.3 Å². The first-order valence-corrected chi connectivity index (χ1v) is 5.95. The summed E-state index contributed by atoms with van der Waals surface area (Å²) in [6, 6.07) is 9.28. The Bertz CT molecular complexity index is 422. The van der Waals surface area contributed by atoms with E-state index in [1.54, 1.807) is 4.90 Å². The lowest BCUT2D eigenvalue weighted by Crippen LogP contribution is -2.37. The second-order valence-electron chi connectivity index (χ2n) is 3.94. The minimum absolute atomic E-state index is 0.0241. The molecule has 0 spiro atoms. The van der Waals surface area contributed by atoms with Crippen molar-refractivity contribution in [2.75, 3.05) is 17.3 Å². The fraction of sp³-hybridized carbons (Fsp3) is 0.333. The topological polar surface area (TPSA) is 49.4 Å². The van der Waals surface area contributed by atoms with Gasteiger partial charge in [0.1, 0.15) is 5.88 Å². The fourth-order valence-electron chi connectivity index (χ4n) is 1.93. The summed E-state index contributed by atoms with van der Waals surface area (Å²) in [5, 5.41) is 2.73. The molecule has 1 N–H and O–H groups in total. The molecule has 1 aromatic carbocycles. The van der Waals surface area contributed by atoms with Gasteiger partial charge in [0.05, 0.1) is 6.04 Å². The Kier molecular flexibility index (Phi) is 3.64. The summed E-state index contributed by atoms with van der Waals surface area (Å²) in [5.74, 6) is -0.286. The lowest BCUT2D eigenvalue weighted by molar-refractivity contribution is -0.119. The molecule has 0 unspecified atom stereocenters. The van der Waals surface area contributed by atoms with Gasteiger partial charge in [-0.05, 0) is 12.1 Å². The van der Waals surface area contributed by atoms with Crippen molar-refractivity contribution in [3.63, 3.8) is 0 Å². The van der Waals surface area contributed by atoms with Gasteiger partial charge >= 0.3 is 0 Å². The molecule has 90 valence electrons.